The molecular formula is C7H8N2O4. The Labute approximate surface area is 73.7 Å². The predicted octanol–water partition coefficient (Wildman–Crippen LogP) is 0.891. The van der Waals surface area contributed by atoms with Crippen LogP contribution in [0.25, 0.3) is 0 Å². The van der Waals surface area contributed by atoms with E-state index in [4.69, 9.17) is 10.8 Å². The van der Waals surface area contributed by atoms with Gasteiger partial charge in [0.1, 0.15) is 5.75 Å². The van der Waals surface area contributed by atoms with Crippen LogP contribution >= 0.6 is 0 Å². The number of nitrogens with zero attached hydrogens (tertiary/aromatic N) is 1. The Hall–Kier alpha value is -1.98. The molecule has 6 nitrogen and oxygen atoms in total. The minimum absolute atomic E-state index is 0.0169. The second-order valence-electron chi connectivity index (χ2n) is 2.34. The van der Waals surface area contributed by atoms with Crippen LogP contribution in [0.3, 0.4) is 0 Å². The second-order valence-corrected chi connectivity index (χ2v) is 2.34. The molecule has 1 rings (SSSR count). The van der Waals surface area contributed by atoms with Crippen LogP contribution in [0.5, 0.6) is 11.5 Å². The Morgan fingerprint density at radius 1 is 1.62 bits per heavy atom. The lowest BCUT2D eigenvalue weighted by molar-refractivity contribution is -0.385. The smallest absolute Gasteiger partial charge is 0.313 e. The number of hydrogen-bond acceptors (Lipinski definition) is 5. The molecule has 1 aromatic carbocycles. The van der Waals surface area contributed by atoms with Crippen molar-refractivity contribution in [3.63, 3.8) is 0 Å². The van der Waals surface area contributed by atoms with Crippen molar-refractivity contribution in [1.29, 1.82) is 0 Å². The summed E-state index contributed by atoms with van der Waals surface area (Å²) >= 11 is 0. The quantitative estimate of drug-likeness (QED) is 0.308. The normalized spacial score (nSPS) is 9.62. The first-order valence-corrected chi connectivity index (χ1v) is 3.37. The maximum atomic E-state index is 10.4. The fourth-order valence-corrected chi connectivity index (χ4v) is 0.880. The molecule has 6 heteroatoms. The summed E-state index contributed by atoms with van der Waals surface area (Å²) in [4.78, 5) is 9.80. The number of nitro benzene ring substituents is 1. The van der Waals surface area contributed by atoms with Gasteiger partial charge in [-0.1, -0.05) is 0 Å². The van der Waals surface area contributed by atoms with Gasteiger partial charge in [-0.05, 0) is 0 Å². The highest BCUT2D eigenvalue weighted by Crippen LogP contribution is 2.34. The van der Waals surface area contributed by atoms with Crippen LogP contribution < -0.4 is 10.5 Å². The Bertz CT molecular complexity index is 351. The molecule has 0 saturated carbocycles. The van der Waals surface area contributed by atoms with Gasteiger partial charge in [0, 0.05) is 12.1 Å². The predicted molar refractivity (Wildman–Crippen MR) is 45.7 cm³/mol. The lowest BCUT2D eigenvalue weighted by Gasteiger charge is -2.03. The van der Waals surface area contributed by atoms with Gasteiger partial charge in [0.05, 0.1) is 17.7 Å². The van der Waals surface area contributed by atoms with E-state index < -0.39 is 4.92 Å². The summed E-state index contributed by atoms with van der Waals surface area (Å²) in [5, 5.41) is 19.5. The molecule has 70 valence electrons. The van der Waals surface area contributed by atoms with Crippen LogP contribution in [-0.4, -0.2) is 17.1 Å². The first-order valence-electron chi connectivity index (χ1n) is 3.37. The number of phenols is 1. The van der Waals surface area contributed by atoms with Gasteiger partial charge in [-0.15, -0.1) is 0 Å². The lowest BCUT2D eigenvalue weighted by atomic mass is 10.2. The molecule has 0 fully saturated rings. The summed E-state index contributed by atoms with van der Waals surface area (Å²) in [6, 6.07) is 2.15. The average molecular weight is 184 g/mol. The molecule has 0 heterocycles. The van der Waals surface area contributed by atoms with Crippen molar-refractivity contribution < 1.29 is 14.8 Å². The summed E-state index contributed by atoms with van der Waals surface area (Å²) in [6.45, 7) is 0. The van der Waals surface area contributed by atoms with Crippen LogP contribution in [0.2, 0.25) is 0 Å². The number of methoxy groups -OCH3 is 1. The molecule has 0 amide bonds. The summed E-state index contributed by atoms with van der Waals surface area (Å²) in [5.74, 6) is -0.251. The molecule has 0 bridgehead atoms. The SMILES string of the molecule is COc1cc(O)c(N)cc1[N+](=O)[O-]. The van der Waals surface area contributed by atoms with E-state index in [2.05, 4.69) is 4.74 Å². The third kappa shape index (κ3) is 1.61. The summed E-state index contributed by atoms with van der Waals surface area (Å²) in [7, 11) is 1.28. The van der Waals surface area contributed by atoms with Gasteiger partial charge in [-0.3, -0.25) is 10.1 Å². The first kappa shape index (κ1) is 9.11. The van der Waals surface area contributed by atoms with Gasteiger partial charge >= 0.3 is 5.69 Å². The summed E-state index contributed by atoms with van der Waals surface area (Å²) in [5.41, 5.74) is 4.96. The van der Waals surface area contributed by atoms with Crippen LogP contribution in [-0.2, 0) is 0 Å². The maximum Gasteiger partial charge on any atom is 0.313 e. The van der Waals surface area contributed by atoms with E-state index >= 15 is 0 Å². The van der Waals surface area contributed by atoms with Gasteiger partial charge in [-0.2, -0.15) is 0 Å². The molecule has 0 aliphatic carbocycles. The van der Waals surface area contributed by atoms with Crippen molar-refractivity contribution in [3.05, 3.63) is 22.2 Å². The van der Waals surface area contributed by atoms with E-state index in [0.29, 0.717) is 0 Å². The number of ether oxygens (including phenoxy) is 1. The van der Waals surface area contributed by atoms with Crippen molar-refractivity contribution in [1.82, 2.24) is 0 Å². The number of nitrogens with two attached hydrogens (primary N) is 1. The summed E-state index contributed by atoms with van der Waals surface area (Å²) < 4.78 is 4.69. The van der Waals surface area contributed by atoms with Crippen LogP contribution in [0, 0.1) is 10.1 Å². The molecule has 0 unspecified atom stereocenters. The van der Waals surface area contributed by atoms with Crippen LogP contribution in [0.15, 0.2) is 12.1 Å². The van der Waals surface area contributed by atoms with Crippen molar-refractivity contribution in [2.24, 2.45) is 0 Å². The number of hydrogen-bond donors (Lipinski definition) is 2. The molecule has 3 N–H and O–H groups in total. The van der Waals surface area contributed by atoms with E-state index in [9.17, 15) is 10.1 Å². The van der Waals surface area contributed by atoms with Crippen molar-refractivity contribution in [2.75, 3.05) is 12.8 Å². The third-order valence-corrected chi connectivity index (χ3v) is 1.52. The molecule has 1 aromatic rings. The first-order chi connectivity index (χ1) is 6.06. The minimum atomic E-state index is -0.630. The Morgan fingerprint density at radius 3 is 2.69 bits per heavy atom. The molecule has 0 atom stereocenters. The molecular weight excluding hydrogens is 176 g/mol. The fraction of sp³-hybridized carbons (Fsp3) is 0.143. The second kappa shape index (κ2) is 3.18. The number of anilines is 1. The number of nitrogen functional groups attached to an aromatic ring is 1. The number of nitro groups is 1. The number of benzene rings is 1. The van der Waals surface area contributed by atoms with E-state index in [1.807, 2.05) is 0 Å². The molecule has 13 heavy (non-hydrogen) atoms. The molecule has 0 radical (unpaired) electrons. The maximum absolute atomic E-state index is 10.4. The highest BCUT2D eigenvalue weighted by atomic mass is 16.6. The van der Waals surface area contributed by atoms with Crippen molar-refractivity contribution >= 4 is 11.4 Å². The Balaban J connectivity index is 3.33. The monoisotopic (exact) mass is 184 g/mol. The van der Waals surface area contributed by atoms with E-state index in [-0.39, 0.29) is 22.9 Å². The number of phenolic OH excluding ortho intramolecular Hbond substituents is 1. The van der Waals surface area contributed by atoms with Gasteiger partial charge in [0.25, 0.3) is 0 Å². The average Bonchev–Trinajstić information content (AvgIpc) is 2.08. The molecule has 0 aliphatic rings. The topological polar surface area (TPSA) is 98.6 Å². The van der Waals surface area contributed by atoms with Crippen LogP contribution in [0.4, 0.5) is 11.4 Å². The number of aromatic hydroxyl groups is 1. The lowest BCUT2D eigenvalue weighted by Crippen LogP contribution is -1.95. The zero-order chi connectivity index (χ0) is 10.0. The molecule has 0 aliphatic heterocycles. The Morgan fingerprint density at radius 2 is 2.23 bits per heavy atom. The Kier molecular flexibility index (Phi) is 2.23. The molecule has 0 saturated heterocycles. The van der Waals surface area contributed by atoms with E-state index in [1.54, 1.807) is 0 Å². The summed E-state index contributed by atoms with van der Waals surface area (Å²) in [6.07, 6.45) is 0. The van der Waals surface area contributed by atoms with Crippen LogP contribution in [0.1, 0.15) is 0 Å². The minimum Gasteiger partial charge on any atom is -0.506 e. The third-order valence-electron chi connectivity index (χ3n) is 1.52. The van der Waals surface area contributed by atoms with Gasteiger partial charge < -0.3 is 15.6 Å². The van der Waals surface area contributed by atoms with Gasteiger partial charge in [0.15, 0.2) is 0 Å². The van der Waals surface area contributed by atoms with Gasteiger partial charge in [0.2, 0.25) is 5.75 Å². The molecule has 0 aromatic heterocycles. The largest absolute Gasteiger partial charge is 0.506 e. The van der Waals surface area contributed by atoms with E-state index in [1.165, 1.54) is 7.11 Å². The highest BCUT2D eigenvalue weighted by molar-refractivity contribution is 5.64. The van der Waals surface area contributed by atoms with Crippen molar-refractivity contribution in [2.45, 2.75) is 0 Å². The zero-order valence-electron chi connectivity index (χ0n) is 6.85. The van der Waals surface area contributed by atoms with E-state index in [0.717, 1.165) is 12.1 Å². The molecule has 0 spiro atoms. The zero-order valence-corrected chi connectivity index (χ0v) is 6.85. The number of rotatable bonds is 2. The fourth-order valence-electron chi connectivity index (χ4n) is 0.880. The highest BCUT2D eigenvalue weighted by Gasteiger charge is 2.17. The van der Waals surface area contributed by atoms with Crippen molar-refractivity contribution in [3.8, 4) is 11.5 Å². The standard InChI is InChI=1S/C7H8N2O4/c1-13-7-3-6(10)4(8)2-5(7)9(11)12/h2-3,10H,8H2,1H3. The van der Waals surface area contributed by atoms with Gasteiger partial charge in [-0.25, -0.2) is 0 Å².